The first-order valence-electron chi connectivity index (χ1n) is 6.59. The molecule has 110 valence electrons. The van der Waals surface area contributed by atoms with E-state index < -0.39 is 0 Å². The standard InChI is InChI=1S/C16H17BBr2O2/c1-10-5-13(17(20-3)21-4)6-11(2)16(10)12-7-14(18)9-15(19)8-12/h5-9H,1-4H3. The maximum absolute atomic E-state index is 5.34. The van der Waals surface area contributed by atoms with Crippen molar-refractivity contribution < 1.29 is 9.31 Å². The summed E-state index contributed by atoms with van der Waals surface area (Å²) in [5.41, 5.74) is 5.87. The van der Waals surface area contributed by atoms with Crippen LogP contribution in [0.1, 0.15) is 11.1 Å². The lowest BCUT2D eigenvalue weighted by atomic mass is 9.76. The van der Waals surface area contributed by atoms with Gasteiger partial charge in [0.25, 0.3) is 0 Å². The van der Waals surface area contributed by atoms with Gasteiger partial charge in [0.2, 0.25) is 0 Å². The highest BCUT2D eigenvalue weighted by molar-refractivity contribution is 9.11. The molecule has 2 nitrogen and oxygen atoms in total. The van der Waals surface area contributed by atoms with Gasteiger partial charge in [0, 0.05) is 23.2 Å². The van der Waals surface area contributed by atoms with Crippen LogP contribution in [-0.4, -0.2) is 21.3 Å². The average molecular weight is 412 g/mol. The van der Waals surface area contributed by atoms with E-state index in [4.69, 9.17) is 9.31 Å². The minimum atomic E-state index is -0.328. The maximum Gasteiger partial charge on any atom is 0.493 e. The van der Waals surface area contributed by atoms with Crippen molar-refractivity contribution in [3.8, 4) is 11.1 Å². The summed E-state index contributed by atoms with van der Waals surface area (Å²) in [6.45, 7) is 4.23. The van der Waals surface area contributed by atoms with E-state index in [-0.39, 0.29) is 7.12 Å². The molecule has 0 unspecified atom stereocenters. The van der Waals surface area contributed by atoms with E-state index >= 15 is 0 Å². The Kier molecular flexibility index (Phi) is 5.66. The zero-order chi connectivity index (χ0) is 15.6. The van der Waals surface area contributed by atoms with Gasteiger partial charge >= 0.3 is 7.12 Å². The minimum Gasteiger partial charge on any atom is -0.410 e. The molecule has 0 radical (unpaired) electrons. The quantitative estimate of drug-likeness (QED) is 0.690. The molecule has 0 amide bonds. The fourth-order valence-corrected chi connectivity index (χ4v) is 3.95. The lowest BCUT2D eigenvalue weighted by Crippen LogP contribution is -2.35. The zero-order valence-corrected chi connectivity index (χ0v) is 15.7. The first kappa shape index (κ1) is 16.8. The largest absolute Gasteiger partial charge is 0.493 e. The highest BCUT2D eigenvalue weighted by Crippen LogP contribution is 2.31. The SMILES string of the molecule is COB(OC)c1cc(C)c(-c2cc(Br)cc(Br)c2)c(C)c1. The third-order valence-electron chi connectivity index (χ3n) is 3.41. The normalized spacial score (nSPS) is 10.8. The molecule has 0 atom stereocenters. The third-order valence-corrected chi connectivity index (χ3v) is 4.32. The summed E-state index contributed by atoms with van der Waals surface area (Å²) in [6, 6.07) is 10.5. The van der Waals surface area contributed by atoms with Crippen LogP contribution in [0.25, 0.3) is 11.1 Å². The van der Waals surface area contributed by atoms with E-state index in [1.807, 2.05) is 6.07 Å². The monoisotopic (exact) mass is 410 g/mol. The molecule has 2 aromatic carbocycles. The number of halogens is 2. The van der Waals surface area contributed by atoms with Crippen LogP contribution in [0.2, 0.25) is 0 Å². The van der Waals surface area contributed by atoms with Crippen LogP contribution in [0.4, 0.5) is 0 Å². The minimum absolute atomic E-state index is 0.328. The van der Waals surface area contributed by atoms with E-state index in [0.29, 0.717) is 0 Å². The first-order chi connectivity index (χ1) is 9.96. The number of aryl methyl sites for hydroxylation is 2. The second kappa shape index (κ2) is 7.10. The van der Waals surface area contributed by atoms with Crippen LogP contribution in [0.3, 0.4) is 0 Å². The molecule has 5 heteroatoms. The number of hydrogen-bond donors (Lipinski definition) is 0. The Balaban J connectivity index is 2.55. The van der Waals surface area contributed by atoms with Crippen molar-refractivity contribution in [3.63, 3.8) is 0 Å². The summed E-state index contributed by atoms with van der Waals surface area (Å²) in [7, 11) is 2.97. The Bertz CT molecular complexity index is 611. The lowest BCUT2D eigenvalue weighted by molar-refractivity contribution is 0.292. The van der Waals surface area contributed by atoms with Gasteiger partial charge in [0.1, 0.15) is 0 Å². The molecule has 0 spiro atoms. The predicted molar refractivity (Wildman–Crippen MR) is 96.2 cm³/mol. The third kappa shape index (κ3) is 3.78. The van der Waals surface area contributed by atoms with E-state index in [0.717, 1.165) is 14.4 Å². The van der Waals surface area contributed by atoms with Gasteiger partial charge in [-0.2, -0.15) is 0 Å². The smallest absolute Gasteiger partial charge is 0.410 e. The summed E-state index contributed by atoms with van der Waals surface area (Å²) in [6.07, 6.45) is 0. The number of benzene rings is 2. The van der Waals surface area contributed by atoms with Crippen LogP contribution in [0.5, 0.6) is 0 Å². The van der Waals surface area contributed by atoms with Crippen LogP contribution in [0.15, 0.2) is 39.3 Å². The molecule has 0 aliphatic carbocycles. The van der Waals surface area contributed by atoms with E-state index in [1.54, 1.807) is 14.2 Å². The van der Waals surface area contributed by atoms with Crippen molar-refractivity contribution in [1.82, 2.24) is 0 Å². The molecule has 0 aromatic heterocycles. The highest BCUT2D eigenvalue weighted by atomic mass is 79.9. The fourth-order valence-electron chi connectivity index (χ4n) is 2.65. The van der Waals surface area contributed by atoms with Crippen LogP contribution in [-0.2, 0) is 9.31 Å². The second-order valence-corrected chi connectivity index (χ2v) is 6.82. The van der Waals surface area contributed by atoms with Gasteiger partial charge in [0.05, 0.1) is 0 Å². The molecule has 2 rings (SSSR count). The second-order valence-electron chi connectivity index (χ2n) is 4.99. The Morgan fingerprint density at radius 2 is 1.29 bits per heavy atom. The molecule has 0 aliphatic rings. The van der Waals surface area contributed by atoms with Crippen molar-refractivity contribution in [3.05, 3.63) is 50.4 Å². The Morgan fingerprint density at radius 3 is 1.71 bits per heavy atom. The van der Waals surface area contributed by atoms with Gasteiger partial charge in [-0.05, 0) is 59.8 Å². The van der Waals surface area contributed by atoms with Crippen LogP contribution >= 0.6 is 31.9 Å². The van der Waals surface area contributed by atoms with Crippen LogP contribution in [0, 0.1) is 13.8 Å². The van der Waals surface area contributed by atoms with Crippen molar-refractivity contribution in [2.75, 3.05) is 14.2 Å². The molecule has 0 heterocycles. The zero-order valence-electron chi connectivity index (χ0n) is 12.5. The van der Waals surface area contributed by atoms with E-state index in [2.05, 4.69) is 70.0 Å². The predicted octanol–water partition coefficient (Wildman–Crippen LogP) is 4.48. The summed E-state index contributed by atoms with van der Waals surface area (Å²) in [4.78, 5) is 0. The fraction of sp³-hybridized carbons (Fsp3) is 0.250. The topological polar surface area (TPSA) is 18.5 Å². The van der Waals surface area contributed by atoms with Gasteiger partial charge in [0.15, 0.2) is 0 Å². The highest BCUT2D eigenvalue weighted by Gasteiger charge is 2.20. The molecule has 21 heavy (non-hydrogen) atoms. The average Bonchev–Trinajstić information content (AvgIpc) is 2.38. The molecule has 0 aliphatic heterocycles. The summed E-state index contributed by atoms with van der Waals surface area (Å²) >= 11 is 7.10. The molecular weight excluding hydrogens is 395 g/mol. The molecule has 0 fully saturated rings. The van der Waals surface area contributed by atoms with E-state index in [1.165, 1.54) is 22.3 Å². The first-order valence-corrected chi connectivity index (χ1v) is 8.18. The number of hydrogen-bond acceptors (Lipinski definition) is 2. The molecule has 0 saturated carbocycles. The summed E-state index contributed by atoms with van der Waals surface area (Å²) < 4.78 is 12.8. The Morgan fingerprint density at radius 1 is 0.810 bits per heavy atom. The Hall–Kier alpha value is -0.615. The molecule has 0 bridgehead atoms. The van der Waals surface area contributed by atoms with Crippen LogP contribution < -0.4 is 5.46 Å². The molecule has 2 aromatic rings. The van der Waals surface area contributed by atoms with E-state index in [9.17, 15) is 0 Å². The van der Waals surface area contributed by atoms with Crippen molar-refractivity contribution in [2.24, 2.45) is 0 Å². The molecular formula is C16H17BBr2O2. The van der Waals surface area contributed by atoms with Crippen molar-refractivity contribution in [2.45, 2.75) is 13.8 Å². The Labute approximate surface area is 143 Å². The van der Waals surface area contributed by atoms with Gasteiger partial charge in [-0.15, -0.1) is 0 Å². The van der Waals surface area contributed by atoms with Gasteiger partial charge in [-0.3, -0.25) is 0 Å². The van der Waals surface area contributed by atoms with Crippen molar-refractivity contribution in [1.29, 1.82) is 0 Å². The van der Waals surface area contributed by atoms with Gasteiger partial charge in [-0.25, -0.2) is 0 Å². The van der Waals surface area contributed by atoms with Crippen molar-refractivity contribution >= 4 is 44.4 Å². The summed E-state index contributed by atoms with van der Waals surface area (Å²) in [5.74, 6) is 0. The summed E-state index contributed by atoms with van der Waals surface area (Å²) in [5, 5.41) is 0. The van der Waals surface area contributed by atoms with Gasteiger partial charge in [-0.1, -0.05) is 44.0 Å². The van der Waals surface area contributed by atoms with Gasteiger partial charge < -0.3 is 9.31 Å². The lowest BCUT2D eigenvalue weighted by Gasteiger charge is -2.16. The molecule has 0 N–H and O–H groups in total. The maximum atomic E-state index is 5.34. The molecule has 0 saturated heterocycles. The number of rotatable bonds is 4.